The third-order valence-electron chi connectivity index (χ3n) is 5.63. The number of benzene rings is 1. The van der Waals surface area contributed by atoms with Crippen molar-refractivity contribution in [1.82, 2.24) is 15.0 Å². The van der Waals surface area contributed by atoms with Gasteiger partial charge in [0.05, 0.1) is 5.39 Å². The van der Waals surface area contributed by atoms with E-state index in [4.69, 9.17) is 0 Å². The minimum atomic E-state index is -0.696. The largest absolute Gasteiger partial charge is 0.324 e. The highest BCUT2D eigenvalue weighted by molar-refractivity contribution is 7.18. The summed E-state index contributed by atoms with van der Waals surface area (Å²) in [7, 11) is 0. The Balaban J connectivity index is 1.71. The van der Waals surface area contributed by atoms with Crippen LogP contribution in [-0.2, 0) is 17.6 Å². The van der Waals surface area contributed by atoms with Gasteiger partial charge in [0.15, 0.2) is 4.83 Å². The standard InChI is InChI=1S/C22H26N4O2S/c1-4-17(20(27)23-16-11-7-5-9-14(16)13(2)3)26-22(28)19-15-10-6-8-12-18(15)29-21(19)24-25-26/h5,7,9,11,13,17H,4,6,8,10,12H2,1-3H3,(H,23,27). The minimum absolute atomic E-state index is 0.200. The van der Waals surface area contributed by atoms with E-state index in [0.29, 0.717) is 16.6 Å². The van der Waals surface area contributed by atoms with Crippen molar-refractivity contribution < 1.29 is 4.79 Å². The number of thiophene rings is 1. The van der Waals surface area contributed by atoms with E-state index in [0.717, 1.165) is 42.5 Å². The molecular formula is C22H26N4O2S. The van der Waals surface area contributed by atoms with E-state index in [1.807, 2.05) is 31.2 Å². The van der Waals surface area contributed by atoms with Gasteiger partial charge < -0.3 is 5.32 Å². The third-order valence-corrected chi connectivity index (χ3v) is 6.81. The molecule has 1 atom stereocenters. The predicted molar refractivity (Wildman–Crippen MR) is 117 cm³/mol. The summed E-state index contributed by atoms with van der Waals surface area (Å²) in [6, 6.07) is 7.08. The fourth-order valence-corrected chi connectivity index (χ4v) is 5.29. The lowest BCUT2D eigenvalue weighted by molar-refractivity contribution is -0.119. The summed E-state index contributed by atoms with van der Waals surface area (Å²) in [6.07, 6.45) is 4.60. The second-order valence-electron chi connectivity index (χ2n) is 7.89. The maximum Gasteiger partial charge on any atom is 0.279 e. The van der Waals surface area contributed by atoms with E-state index in [1.54, 1.807) is 11.3 Å². The Morgan fingerprint density at radius 1 is 1.24 bits per heavy atom. The molecule has 1 unspecified atom stereocenters. The number of para-hydroxylation sites is 1. The zero-order valence-corrected chi connectivity index (χ0v) is 17.9. The van der Waals surface area contributed by atoms with Gasteiger partial charge in [-0.15, -0.1) is 16.4 Å². The molecule has 0 radical (unpaired) electrons. The van der Waals surface area contributed by atoms with Crippen LogP contribution in [0, 0.1) is 0 Å². The van der Waals surface area contributed by atoms with Gasteiger partial charge >= 0.3 is 0 Å². The lowest BCUT2D eigenvalue weighted by atomic mass is 9.97. The molecule has 0 saturated heterocycles. The Morgan fingerprint density at radius 3 is 2.76 bits per heavy atom. The lowest BCUT2D eigenvalue weighted by Crippen LogP contribution is -2.35. The monoisotopic (exact) mass is 410 g/mol. The first-order chi connectivity index (χ1) is 14.0. The number of nitrogens with zero attached hydrogens (tertiary/aromatic N) is 3. The molecule has 29 heavy (non-hydrogen) atoms. The molecular weight excluding hydrogens is 384 g/mol. The lowest BCUT2D eigenvalue weighted by Gasteiger charge is -2.19. The van der Waals surface area contributed by atoms with Crippen molar-refractivity contribution in [1.29, 1.82) is 0 Å². The number of aromatic nitrogens is 3. The van der Waals surface area contributed by atoms with Gasteiger partial charge in [-0.3, -0.25) is 9.59 Å². The molecule has 6 nitrogen and oxygen atoms in total. The number of anilines is 1. The molecule has 1 N–H and O–H groups in total. The molecule has 0 bridgehead atoms. The highest BCUT2D eigenvalue weighted by Crippen LogP contribution is 2.33. The molecule has 2 aromatic heterocycles. The SMILES string of the molecule is CCC(C(=O)Nc1ccccc1C(C)C)n1nnc2sc3c(c2c1=O)CCCC3. The molecule has 1 aliphatic carbocycles. The number of fused-ring (bicyclic) bond motifs is 3. The second kappa shape index (κ2) is 8.06. The molecule has 2 heterocycles. The smallest absolute Gasteiger partial charge is 0.279 e. The quantitative estimate of drug-likeness (QED) is 0.674. The minimum Gasteiger partial charge on any atom is -0.324 e. The van der Waals surface area contributed by atoms with Gasteiger partial charge in [0.1, 0.15) is 6.04 Å². The maximum absolute atomic E-state index is 13.3. The third kappa shape index (κ3) is 3.59. The summed E-state index contributed by atoms with van der Waals surface area (Å²) in [5.74, 6) is 0.0446. The number of carbonyl (C=O) groups excluding carboxylic acids is 1. The van der Waals surface area contributed by atoms with Crippen LogP contribution in [0.25, 0.3) is 10.2 Å². The molecule has 1 amide bonds. The van der Waals surface area contributed by atoms with Gasteiger partial charge in [-0.1, -0.05) is 44.2 Å². The van der Waals surface area contributed by atoms with Gasteiger partial charge in [-0.05, 0) is 55.2 Å². The number of carbonyl (C=O) groups is 1. The summed E-state index contributed by atoms with van der Waals surface area (Å²) in [5.41, 5.74) is 2.76. The molecule has 4 rings (SSSR count). The van der Waals surface area contributed by atoms with Gasteiger partial charge in [-0.2, -0.15) is 4.68 Å². The van der Waals surface area contributed by atoms with Crippen molar-refractivity contribution in [3.8, 4) is 0 Å². The van der Waals surface area contributed by atoms with Crippen LogP contribution in [0.4, 0.5) is 5.69 Å². The van der Waals surface area contributed by atoms with Crippen LogP contribution < -0.4 is 10.9 Å². The van der Waals surface area contributed by atoms with Crippen molar-refractivity contribution in [3.63, 3.8) is 0 Å². The summed E-state index contributed by atoms with van der Waals surface area (Å²) in [4.78, 5) is 28.3. The molecule has 0 saturated carbocycles. The van der Waals surface area contributed by atoms with Crippen molar-refractivity contribution in [2.75, 3.05) is 5.32 Å². The number of rotatable bonds is 5. The second-order valence-corrected chi connectivity index (χ2v) is 8.97. The average molecular weight is 411 g/mol. The predicted octanol–water partition coefficient (Wildman–Crippen LogP) is 4.45. The Morgan fingerprint density at radius 2 is 2.00 bits per heavy atom. The highest BCUT2D eigenvalue weighted by atomic mass is 32.1. The topological polar surface area (TPSA) is 76.9 Å². The van der Waals surface area contributed by atoms with Crippen molar-refractivity contribution >= 4 is 33.1 Å². The van der Waals surface area contributed by atoms with Gasteiger partial charge in [0, 0.05) is 10.6 Å². The first-order valence-electron chi connectivity index (χ1n) is 10.3. The highest BCUT2D eigenvalue weighted by Gasteiger charge is 2.26. The summed E-state index contributed by atoms with van der Waals surface area (Å²) >= 11 is 1.57. The number of hydrogen-bond acceptors (Lipinski definition) is 5. The van der Waals surface area contributed by atoms with E-state index in [1.165, 1.54) is 9.56 Å². The van der Waals surface area contributed by atoms with E-state index in [2.05, 4.69) is 29.5 Å². The van der Waals surface area contributed by atoms with Gasteiger partial charge in [0.25, 0.3) is 5.56 Å². The molecule has 1 aromatic carbocycles. The fourth-order valence-electron chi connectivity index (χ4n) is 4.09. The Bertz CT molecular complexity index is 1120. The summed E-state index contributed by atoms with van der Waals surface area (Å²) in [6.45, 7) is 6.07. The van der Waals surface area contributed by atoms with Crippen molar-refractivity contribution in [3.05, 3.63) is 50.6 Å². The Labute approximate surface area is 173 Å². The van der Waals surface area contributed by atoms with E-state index >= 15 is 0 Å². The normalized spacial score (nSPS) is 14.8. The Hall–Kier alpha value is -2.54. The number of amides is 1. The molecule has 7 heteroatoms. The average Bonchev–Trinajstić information content (AvgIpc) is 3.10. The van der Waals surface area contributed by atoms with Crippen molar-refractivity contribution in [2.45, 2.75) is 64.8 Å². The van der Waals surface area contributed by atoms with Crippen LogP contribution in [0.1, 0.15) is 68.0 Å². The number of nitrogens with one attached hydrogen (secondary N) is 1. The Kier molecular flexibility index (Phi) is 5.50. The zero-order valence-electron chi connectivity index (χ0n) is 17.1. The first-order valence-corrected chi connectivity index (χ1v) is 11.1. The molecule has 0 fully saturated rings. The van der Waals surface area contributed by atoms with Gasteiger partial charge in [-0.25, -0.2) is 0 Å². The molecule has 1 aliphatic rings. The van der Waals surface area contributed by atoms with E-state index in [9.17, 15) is 9.59 Å². The van der Waals surface area contributed by atoms with Gasteiger partial charge in [0.2, 0.25) is 5.91 Å². The first kappa shape index (κ1) is 19.8. The molecule has 152 valence electrons. The number of aryl methyl sites for hydroxylation is 2. The zero-order chi connectivity index (χ0) is 20.5. The van der Waals surface area contributed by atoms with Crippen LogP contribution >= 0.6 is 11.3 Å². The van der Waals surface area contributed by atoms with E-state index < -0.39 is 6.04 Å². The molecule has 3 aromatic rings. The van der Waals surface area contributed by atoms with E-state index in [-0.39, 0.29) is 17.4 Å². The maximum atomic E-state index is 13.3. The van der Waals surface area contributed by atoms with Crippen molar-refractivity contribution in [2.24, 2.45) is 0 Å². The summed E-state index contributed by atoms with van der Waals surface area (Å²) in [5, 5.41) is 12.1. The number of hydrogen-bond donors (Lipinski definition) is 1. The van der Waals surface area contributed by atoms with Crippen LogP contribution in [-0.4, -0.2) is 20.9 Å². The molecule has 0 aliphatic heterocycles. The fraction of sp³-hybridized carbons (Fsp3) is 0.455. The van der Waals surface area contributed by atoms with Crippen LogP contribution in [0.15, 0.2) is 29.1 Å². The summed E-state index contributed by atoms with van der Waals surface area (Å²) < 4.78 is 1.28. The van der Waals surface area contributed by atoms with Crippen LogP contribution in [0.5, 0.6) is 0 Å². The molecule has 0 spiro atoms. The van der Waals surface area contributed by atoms with Crippen LogP contribution in [0.2, 0.25) is 0 Å². The van der Waals surface area contributed by atoms with Crippen LogP contribution in [0.3, 0.4) is 0 Å².